The fraction of sp³-hybridized carbons (Fsp3) is 0.688. The van der Waals surface area contributed by atoms with Crippen LogP contribution in [0.3, 0.4) is 0 Å². The molecule has 0 aliphatic carbocycles. The third-order valence-electron chi connectivity index (χ3n) is 3.96. The van der Waals surface area contributed by atoms with E-state index in [1.165, 1.54) is 10.9 Å². The second kappa shape index (κ2) is 7.27. The minimum Gasteiger partial charge on any atom is -0.339 e. The van der Waals surface area contributed by atoms with Crippen LogP contribution in [-0.4, -0.2) is 39.1 Å². The topological polar surface area (TPSA) is 67.2 Å². The summed E-state index contributed by atoms with van der Waals surface area (Å²) in [4.78, 5) is 25.9. The number of alkyl halides is 2. The molecule has 1 N–H and O–H groups in total. The zero-order chi connectivity index (χ0) is 18.0. The van der Waals surface area contributed by atoms with E-state index in [9.17, 15) is 18.4 Å². The largest absolute Gasteiger partial charge is 0.339 e. The molecule has 0 bridgehead atoms. The van der Waals surface area contributed by atoms with Crippen LogP contribution in [0.25, 0.3) is 0 Å². The van der Waals surface area contributed by atoms with Gasteiger partial charge in [-0.2, -0.15) is 5.10 Å². The van der Waals surface area contributed by atoms with Gasteiger partial charge in [0.15, 0.2) is 5.69 Å². The van der Waals surface area contributed by atoms with E-state index in [4.69, 9.17) is 0 Å². The Labute approximate surface area is 140 Å². The summed E-state index contributed by atoms with van der Waals surface area (Å²) in [6, 6.07) is 0.0146. The Kier molecular flexibility index (Phi) is 5.56. The van der Waals surface area contributed by atoms with Crippen molar-refractivity contribution in [3.63, 3.8) is 0 Å². The van der Waals surface area contributed by atoms with Crippen LogP contribution in [0.1, 0.15) is 46.2 Å². The average molecular weight is 342 g/mol. The number of likely N-dealkylation sites (tertiary alicyclic amines) is 1. The summed E-state index contributed by atoms with van der Waals surface area (Å²) in [6.07, 6.45) is -1.24. The van der Waals surface area contributed by atoms with Crippen molar-refractivity contribution in [2.24, 2.45) is 11.8 Å². The molecule has 1 aliphatic rings. The van der Waals surface area contributed by atoms with Gasteiger partial charge in [0.1, 0.15) is 0 Å². The quantitative estimate of drug-likeness (QED) is 0.864. The molecule has 2 rings (SSSR count). The first-order valence-electron chi connectivity index (χ1n) is 8.14. The van der Waals surface area contributed by atoms with Gasteiger partial charge in [-0.1, -0.05) is 13.8 Å². The highest BCUT2D eigenvalue weighted by molar-refractivity contribution is 5.97. The standard InChI is InChI=1S/C16H24F2N4O2/c1-9(2)6-21-8-12(14(20-21)15(17)18)19-16(24)11-5-13(23)22(7-11)10(3)4/h8-11,15H,5-7H2,1-4H3,(H,19,24). The first-order chi connectivity index (χ1) is 11.2. The molecule has 1 aliphatic heterocycles. The molecule has 8 heteroatoms. The minimum atomic E-state index is -2.77. The van der Waals surface area contributed by atoms with Crippen molar-refractivity contribution >= 4 is 17.5 Å². The van der Waals surface area contributed by atoms with E-state index in [0.717, 1.165) is 0 Å². The van der Waals surface area contributed by atoms with Crippen molar-refractivity contribution in [3.05, 3.63) is 11.9 Å². The third-order valence-corrected chi connectivity index (χ3v) is 3.96. The molecule has 0 radical (unpaired) electrons. The maximum absolute atomic E-state index is 13.1. The highest BCUT2D eigenvalue weighted by Gasteiger charge is 2.36. The zero-order valence-electron chi connectivity index (χ0n) is 14.4. The summed E-state index contributed by atoms with van der Waals surface area (Å²) in [7, 11) is 0. The zero-order valence-corrected chi connectivity index (χ0v) is 14.4. The van der Waals surface area contributed by atoms with Crippen molar-refractivity contribution in [3.8, 4) is 0 Å². The molecule has 0 saturated carbocycles. The lowest BCUT2D eigenvalue weighted by molar-refractivity contribution is -0.129. The van der Waals surface area contributed by atoms with Crippen molar-refractivity contribution in [1.82, 2.24) is 14.7 Å². The number of amides is 2. The van der Waals surface area contributed by atoms with E-state index in [1.54, 1.807) is 4.90 Å². The summed E-state index contributed by atoms with van der Waals surface area (Å²) >= 11 is 0. The minimum absolute atomic E-state index is 0.0146. The predicted molar refractivity (Wildman–Crippen MR) is 85.6 cm³/mol. The molecule has 1 atom stereocenters. The molecule has 2 amide bonds. The molecule has 1 aromatic rings. The number of rotatable bonds is 6. The second-order valence-corrected chi connectivity index (χ2v) is 6.87. The van der Waals surface area contributed by atoms with Crippen LogP contribution in [0, 0.1) is 11.8 Å². The van der Waals surface area contributed by atoms with Gasteiger partial charge < -0.3 is 10.2 Å². The first kappa shape index (κ1) is 18.4. The molecule has 1 aromatic heterocycles. The second-order valence-electron chi connectivity index (χ2n) is 6.87. The van der Waals surface area contributed by atoms with Gasteiger partial charge >= 0.3 is 0 Å². The number of anilines is 1. The number of carbonyl (C=O) groups is 2. The molecule has 0 aromatic carbocycles. The molecule has 1 saturated heterocycles. The smallest absolute Gasteiger partial charge is 0.284 e. The number of hydrogen-bond acceptors (Lipinski definition) is 3. The van der Waals surface area contributed by atoms with Gasteiger partial charge in [0.25, 0.3) is 6.43 Å². The van der Waals surface area contributed by atoms with Crippen LogP contribution in [0.5, 0.6) is 0 Å². The summed E-state index contributed by atoms with van der Waals surface area (Å²) in [6.45, 7) is 8.45. The first-order valence-corrected chi connectivity index (χ1v) is 8.14. The number of nitrogens with one attached hydrogen (secondary N) is 1. The van der Waals surface area contributed by atoms with Gasteiger partial charge in [0.2, 0.25) is 11.8 Å². The number of hydrogen-bond donors (Lipinski definition) is 1. The van der Waals surface area contributed by atoms with Crippen molar-refractivity contribution in [2.75, 3.05) is 11.9 Å². The molecule has 1 fully saturated rings. The van der Waals surface area contributed by atoms with Crippen LogP contribution in [0.2, 0.25) is 0 Å². The number of aromatic nitrogens is 2. The SMILES string of the molecule is CC(C)Cn1cc(NC(=O)C2CC(=O)N(C(C)C)C2)c(C(F)F)n1. The van der Waals surface area contributed by atoms with E-state index >= 15 is 0 Å². The highest BCUT2D eigenvalue weighted by atomic mass is 19.3. The summed E-state index contributed by atoms with van der Waals surface area (Å²) in [5, 5.41) is 6.39. The van der Waals surface area contributed by atoms with Gasteiger partial charge in [-0.3, -0.25) is 14.3 Å². The van der Waals surface area contributed by atoms with Crippen molar-refractivity contribution < 1.29 is 18.4 Å². The van der Waals surface area contributed by atoms with Crippen LogP contribution in [0.4, 0.5) is 14.5 Å². The highest BCUT2D eigenvalue weighted by Crippen LogP contribution is 2.28. The summed E-state index contributed by atoms with van der Waals surface area (Å²) in [5.74, 6) is -0.794. The van der Waals surface area contributed by atoms with E-state index < -0.39 is 23.9 Å². The Bertz CT molecular complexity index is 613. The molecular formula is C16H24F2N4O2. The van der Waals surface area contributed by atoms with Gasteiger partial charge in [-0.25, -0.2) is 8.78 Å². The predicted octanol–water partition coefficient (Wildman–Crippen LogP) is 2.67. The summed E-state index contributed by atoms with van der Waals surface area (Å²) < 4.78 is 27.7. The van der Waals surface area contributed by atoms with E-state index in [1.807, 2.05) is 27.7 Å². The number of nitrogens with zero attached hydrogens (tertiary/aromatic N) is 3. The monoisotopic (exact) mass is 342 g/mol. The molecule has 2 heterocycles. The van der Waals surface area contributed by atoms with Crippen molar-refractivity contribution in [2.45, 2.75) is 53.1 Å². The van der Waals surface area contributed by atoms with Gasteiger partial charge in [-0.05, 0) is 19.8 Å². The average Bonchev–Trinajstić information content (AvgIpc) is 3.02. The number of carbonyl (C=O) groups excluding carboxylic acids is 2. The third kappa shape index (κ3) is 4.10. The van der Waals surface area contributed by atoms with E-state index in [2.05, 4.69) is 10.4 Å². The van der Waals surface area contributed by atoms with Crippen LogP contribution in [-0.2, 0) is 16.1 Å². The fourth-order valence-corrected chi connectivity index (χ4v) is 2.80. The molecule has 0 spiro atoms. The lowest BCUT2D eigenvalue weighted by Gasteiger charge is -2.20. The molecule has 6 nitrogen and oxygen atoms in total. The van der Waals surface area contributed by atoms with E-state index in [0.29, 0.717) is 13.1 Å². The van der Waals surface area contributed by atoms with Crippen molar-refractivity contribution in [1.29, 1.82) is 0 Å². The van der Waals surface area contributed by atoms with Gasteiger partial charge in [-0.15, -0.1) is 0 Å². The van der Waals surface area contributed by atoms with Crippen LogP contribution >= 0.6 is 0 Å². The Morgan fingerprint density at radius 3 is 2.54 bits per heavy atom. The fourth-order valence-electron chi connectivity index (χ4n) is 2.80. The lowest BCUT2D eigenvalue weighted by Crippen LogP contribution is -2.33. The maximum Gasteiger partial charge on any atom is 0.284 e. The summed E-state index contributed by atoms with van der Waals surface area (Å²) in [5.41, 5.74) is -0.417. The normalized spacial score (nSPS) is 18.3. The van der Waals surface area contributed by atoms with Crippen LogP contribution < -0.4 is 5.32 Å². The Morgan fingerprint density at radius 1 is 1.38 bits per heavy atom. The Morgan fingerprint density at radius 2 is 2.04 bits per heavy atom. The Hall–Kier alpha value is -1.99. The number of halogens is 2. The molecule has 134 valence electrons. The molecular weight excluding hydrogens is 318 g/mol. The lowest BCUT2D eigenvalue weighted by atomic mass is 10.1. The molecule has 24 heavy (non-hydrogen) atoms. The maximum atomic E-state index is 13.1. The van der Waals surface area contributed by atoms with E-state index in [-0.39, 0.29) is 30.0 Å². The Balaban J connectivity index is 2.11. The van der Waals surface area contributed by atoms with Gasteiger partial charge in [0, 0.05) is 31.7 Å². The van der Waals surface area contributed by atoms with Gasteiger partial charge in [0.05, 0.1) is 11.6 Å². The van der Waals surface area contributed by atoms with Crippen LogP contribution in [0.15, 0.2) is 6.20 Å². The molecule has 1 unspecified atom stereocenters.